The highest BCUT2D eigenvalue weighted by molar-refractivity contribution is 7.90. The van der Waals surface area contributed by atoms with Crippen LogP contribution in [0, 0.1) is 0 Å². The Kier molecular flexibility index (Phi) is 5.91. The summed E-state index contributed by atoms with van der Waals surface area (Å²) in [4.78, 5) is 6.81. The smallest absolute Gasteiger partial charge is 0.269 e. The highest BCUT2D eigenvalue weighted by Gasteiger charge is 2.41. The average Bonchev–Trinajstić information content (AvgIpc) is 3.60. The van der Waals surface area contributed by atoms with E-state index in [1.807, 2.05) is 18.1 Å². The predicted molar refractivity (Wildman–Crippen MR) is 137 cm³/mol. The van der Waals surface area contributed by atoms with E-state index >= 15 is 0 Å². The highest BCUT2D eigenvalue weighted by Crippen LogP contribution is 2.40. The van der Waals surface area contributed by atoms with Crippen LogP contribution in [0.3, 0.4) is 0 Å². The van der Waals surface area contributed by atoms with Crippen molar-refractivity contribution in [3.05, 3.63) is 66.7 Å². The van der Waals surface area contributed by atoms with Crippen molar-refractivity contribution in [2.24, 2.45) is 7.05 Å². The number of hydrogen-bond donors (Lipinski definition) is 0. The number of likely N-dealkylation sites (tertiary alicyclic amines) is 1. The van der Waals surface area contributed by atoms with Gasteiger partial charge in [-0.05, 0) is 55.4 Å². The van der Waals surface area contributed by atoms with Gasteiger partial charge in [-0.1, -0.05) is 18.2 Å². The number of aromatic nitrogens is 4. The zero-order valence-electron chi connectivity index (χ0n) is 20.6. The fourth-order valence-electron chi connectivity index (χ4n) is 5.85. The molecule has 1 saturated carbocycles. The van der Waals surface area contributed by atoms with E-state index in [-0.39, 0.29) is 29.8 Å². The average molecular weight is 526 g/mol. The number of fused-ring (bicyclic) bond motifs is 1. The molecule has 0 amide bonds. The topological polar surface area (TPSA) is 73.0 Å². The Morgan fingerprint density at radius 1 is 1.03 bits per heavy atom. The third-order valence-corrected chi connectivity index (χ3v) is 9.50. The molecule has 37 heavy (non-hydrogen) atoms. The minimum atomic E-state index is -3.85. The van der Waals surface area contributed by atoms with Crippen LogP contribution in [0.5, 0.6) is 0 Å². The van der Waals surface area contributed by atoms with Crippen LogP contribution < -0.4 is 0 Å². The van der Waals surface area contributed by atoms with Crippen LogP contribution in [0.15, 0.2) is 66.1 Å². The molecule has 1 aromatic carbocycles. The van der Waals surface area contributed by atoms with Gasteiger partial charge in [0.1, 0.15) is 0 Å². The largest absolute Gasteiger partial charge is 0.294 e. The molecule has 0 radical (unpaired) electrons. The maximum absolute atomic E-state index is 13.7. The Morgan fingerprint density at radius 2 is 1.78 bits per heavy atom. The van der Waals surface area contributed by atoms with Gasteiger partial charge in [0.2, 0.25) is 0 Å². The number of rotatable bonds is 5. The van der Waals surface area contributed by atoms with Crippen LogP contribution in [0.2, 0.25) is 0 Å². The summed E-state index contributed by atoms with van der Waals surface area (Å²) >= 11 is 0. The summed E-state index contributed by atoms with van der Waals surface area (Å²) in [5.41, 5.74) is 2.99. The fraction of sp³-hybridized carbons (Fsp3) is 0.407. The van der Waals surface area contributed by atoms with Gasteiger partial charge in [0.25, 0.3) is 15.9 Å². The monoisotopic (exact) mass is 525 g/mol. The zero-order chi connectivity index (χ0) is 25.8. The Hall–Kier alpha value is -3.11. The number of pyridine rings is 1. The van der Waals surface area contributed by atoms with Crippen LogP contribution in [0.25, 0.3) is 22.2 Å². The first kappa shape index (κ1) is 24.2. The molecule has 6 rings (SSSR count). The van der Waals surface area contributed by atoms with Crippen LogP contribution in [0.1, 0.15) is 43.6 Å². The van der Waals surface area contributed by atoms with Gasteiger partial charge in [-0.25, -0.2) is 26.2 Å². The lowest BCUT2D eigenvalue weighted by atomic mass is 9.81. The van der Waals surface area contributed by atoms with Crippen molar-refractivity contribution >= 4 is 21.1 Å². The fourth-order valence-corrected chi connectivity index (χ4v) is 7.19. The van der Waals surface area contributed by atoms with Crippen molar-refractivity contribution in [2.75, 3.05) is 13.1 Å². The first-order valence-electron chi connectivity index (χ1n) is 12.6. The molecule has 4 heterocycles. The van der Waals surface area contributed by atoms with E-state index in [1.54, 1.807) is 53.6 Å². The molecule has 3 aromatic heterocycles. The minimum Gasteiger partial charge on any atom is -0.294 e. The van der Waals surface area contributed by atoms with Crippen molar-refractivity contribution in [3.63, 3.8) is 0 Å². The lowest BCUT2D eigenvalue weighted by molar-refractivity contribution is 0.00517. The van der Waals surface area contributed by atoms with E-state index in [9.17, 15) is 17.2 Å². The molecule has 1 aliphatic heterocycles. The molecule has 0 unspecified atom stereocenters. The molecule has 2 aliphatic rings. The lowest BCUT2D eigenvalue weighted by Crippen LogP contribution is -2.37. The second kappa shape index (κ2) is 9.02. The van der Waals surface area contributed by atoms with Gasteiger partial charge in [0.15, 0.2) is 5.65 Å². The summed E-state index contributed by atoms with van der Waals surface area (Å²) < 4.78 is 57.4. The standard InChI is InChI=1S/C27H29F2N5O2S/c1-32-16-21(15-31-32)25-17-34(37(35,36)23-5-3-2-4-6-23)26-24(25)13-20(14-30-26)19-7-9-22(10-8-19)33-12-11-27(28,29)18-33/h2-6,13-17,19,22H,7-12,18H2,1H3/t19-,22-. The van der Waals surface area contributed by atoms with Crippen LogP contribution in [0.4, 0.5) is 8.78 Å². The predicted octanol–water partition coefficient (Wildman–Crippen LogP) is 5.04. The van der Waals surface area contributed by atoms with E-state index in [4.69, 9.17) is 0 Å². The Bertz CT molecular complexity index is 1540. The van der Waals surface area contributed by atoms with E-state index in [1.165, 1.54) is 3.97 Å². The van der Waals surface area contributed by atoms with Gasteiger partial charge in [0, 0.05) is 61.2 Å². The molecule has 1 saturated heterocycles. The van der Waals surface area contributed by atoms with Crippen LogP contribution >= 0.6 is 0 Å². The molecule has 2 fully saturated rings. The van der Waals surface area contributed by atoms with Crippen LogP contribution in [-0.4, -0.2) is 57.1 Å². The number of halogens is 2. The summed E-state index contributed by atoms with van der Waals surface area (Å²) in [7, 11) is -2.03. The maximum atomic E-state index is 13.7. The maximum Gasteiger partial charge on any atom is 0.269 e. The lowest BCUT2D eigenvalue weighted by Gasteiger charge is -2.34. The summed E-state index contributed by atoms with van der Waals surface area (Å²) in [6, 6.07) is 10.6. The summed E-state index contributed by atoms with van der Waals surface area (Å²) in [5.74, 6) is -2.31. The Labute approximate surface area is 214 Å². The normalized spacial score (nSPS) is 22.6. The van der Waals surface area contributed by atoms with Crippen molar-refractivity contribution in [1.29, 1.82) is 0 Å². The van der Waals surface area contributed by atoms with E-state index < -0.39 is 15.9 Å². The molecular formula is C27H29F2N5O2S. The number of benzene rings is 1. The Balaban J connectivity index is 1.34. The molecule has 0 atom stereocenters. The van der Waals surface area contributed by atoms with Crippen LogP contribution in [-0.2, 0) is 17.1 Å². The molecule has 7 nitrogen and oxygen atoms in total. The van der Waals surface area contributed by atoms with Gasteiger partial charge in [0.05, 0.1) is 17.6 Å². The summed E-state index contributed by atoms with van der Waals surface area (Å²) in [6.45, 7) is 0.335. The minimum absolute atomic E-state index is 0.0481. The molecule has 1 aliphatic carbocycles. The molecule has 0 N–H and O–H groups in total. The quantitative estimate of drug-likeness (QED) is 0.365. The third kappa shape index (κ3) is 4.46. The number of hydrogen-bond acceptors (Lipinski definition) is 5. The molecule has 10 heteroatoms. The number of nitrogens with zero attached hydrogens (tertiary/aromatic N) is 5. The zero-order valence-corrected chi connectivity index (χ0v) is 21.4. The van der Waals surface area contributed by atoms with Crippen molar-refractivity contribution in [1.82, 2.24) is 23.6 Å². The second-order valence-electron chi connectivity index (χ2n) is 10.3. The summed E-state index contributed by atoms with van der Waals surface area (Å²) in [5, 5.41) is 5.03. The van der Waals surface area contributed by atoms with E-state index in [0.717, 1.165) is 47.8 Å². The SMILES string of the molecule is Cn1cc(-c2cn(S(=O)(=O)c3ccccc3)c3ncc([C@H]4CC[C@H](N5CCC(F)(F)C5)CC4)cc23)cn1. The molecule has 4 aromatic rings. The van der Waals surface area contributed by atoms with Crippen molar-refractivity contribution in [3.8, 4) is 11.1 Å². The first-order valence-corrected chi connectivity index (χ1v) is 14.1. The first-order chi connectivity index (χ1) is 17.7. The van der Waals surface area contributed by atoms with Gasteiger partial charge in [-0.3, -0.25) is 9.58 Å². The molecular weight excluding hydrogens is 496 g/mol. The van der Waals surface area contributed by atoms with Gasteiger partial charge >= 0.3 is 0 Å². The van der Waals surface area contributed by atoms with E-state index in [0.29, 0.717) is 12.2 Å². The third-order valence-electron chi connectivity index (χ3n) is 7.83. The van der Waals surface area contributed by atoms with E-state index in [2.05, 4.69) is 16.1 Å². The number of alkyl halides is 2. The van der Waals surface area contributed by atoms with Gasteiger partial charge < -0.3 is 0 Å². The molecule has 0 spiro atoms. The van der Waals surface area contributed by atoms with Crippen molar-refractivity contribution in [2.45, 2.75) is 54.9 Å². The molecule has 0 bridgehead atoms. The van der Waals surface area contributed by atoms with Gasteiger partial charge in [-0.2, -0.15) is 5.10 Å². The highest BCUT2D eigenvalue weighted by atomic mass is 32.2. The Morgan fingerprint density at radius 3 is 2.43 bits per heavy atom. The van der Waals surface area contributed by atoms with Crippen molar-refractivity contribution < 1.29 is 17.2 Å². The molecule has 194 valence electrons. The van der Waals surface area contributed by atoms with Gasteiger partial charge in [-0.15, -0.1) is 0 Å². The second-order valence-corrected chi connectivity index (χ2v) is 12.1. The summed E-state index contributed by atoms with van der Waals surface area (Å²) in [6.07, 6.45) is 10.5. The number of aryl methyl sites for hydroxylation is 1.